The number of anilines is 1. The second-order valence-electron chi connectivity index (χ2n) is 7.06. The van der Waals surface area contributed by atoms with Crippen molar-refractivity contribution >= 4 is 51.6 Å². The number of hydrogen-bond acceptors (Lipinski definition) is 3. The standard InChI is InChI=1S/C23H14Cl2F3N3O2/c24-14-9-8-13(16(25)11-14)12-31-17-6-2-1-5-15(17)19(21(31)23(26,27)28)20(32)22(33)30-18-7-3-4-10-29-18/h1-11H,12H2,(H,29,30,33). The summed E-state index contributed by atoms with van der Waals surface area (Å²) in [7, 11) is 0. The molecule has 0 aliphatic heterocycles. The minimum absolute atomic E-state index is 0.00363. The molecule has 33 heavy (non-hydrogen) atoms. The SMILES string of the molecule is O=C(Nc1ccccn1)C(=O)c1c(C(F)(F)F)n(Cc2ccc(Cl)cc2Cl)c2ccccc12. The molecule has 2 heterocycles. The number of fused-ring (bicyclic) bond motifs is 1. The highest BCUT2D eigenvalue weighted by molar-refractivity contribution is 6.48. The molecular weight excluding hydrogens is 478 g/mol. The number of carbonyl (C=O) groups is 2. The van der Waals surface area contributed by atoms with Crippen LogP contribution in [0.5, 0.6) is 0 Å². The fourth-order valence-electron chi connectivity index (χ4n) is 3.54. The number of ketones is 1. The maximum Gasteiger partial charge on any atom is 0.432 e. The van der Waals surface area contributed by atoms with Crippen LogP contribution in [0.2, 0.25) is 10.0 Å². The number of aromatic nitrogens is 2. The van der Waals surface area contributed by atoms with Gasteiger partial charge in [-0.2, -0.15) is 13.2 Å². The smallest absolute Gasteiger partial charge is 0.332 e. The van der Waals surface area contributed by atoms with Crippen molar-refractivity contribution in [2.45, 2.75) is 12.7 Å². The van der Waals surface area contributed by atoms with Crippen LogP contribution < -0.4 is 5.32 Å². The number of alkyl halides is 3. The Balaban J connectivity index is 1.87. The van der Waals surface area contributed by atoms with Crippen LogP contribution in [0.4, 0.5) is 19.0 Å². The first-order valence-corrected chi connectivity index (χ1v) is 10.3. The van der Waals surface area contributed by atoms with E-state index < -0.39 is 29.1 Å². The highest BCUT2D eigenvalue weighted by Crippen LogP contribution is 2.39. The van der Waals surface area contributed by atoms with E-state index in [1.165, 1.54) is 48.7 Å². The van der Waals surface area contributed by atoms with Gasteiger partial charge in [0, 0.05) is 33.7 Å². The van der Waals surface area contributed by atoms with Gasteiger partial charge in [0.1, 0.15) is 11.5 Å². The third-order valence-electron chi connectivity index (χ3n) is 4.92. The summed E-state index contributed by atoms with van der Waals surface area (Å²) in [6.07, 6.45) is -3.56. The number of Topliss-reactive ketones (excluding diaryl/α,β-unsaturated/α-hetero) is 1. The summed E-state index contributed by atoms with van der Waals surface area (Å²) in [5.41, 5.74) is -1.48. The summed E-state index contributed by atoms with van der Waals surface area (Å²) in [5.74, 6) is -2.52. The van der Waals surface area contributed by atoms with Crippen molar-refractivity contribution in [1.29, 1.82) is 0 Å². The Morgan fingerprint density at radius 1 is 1.00 bits per heavy atom. The number of hydrogen-bond donors (Lipinski definition) is 1. The van der Waals surface area contributed by atoms with Crippen molar-refractivity contribution in [2.24, 2.45) is 0 Å². The van der Waals surface area contributed by atoms with Crippen molar-refractivity contribution in [3.63, 3.8) is 0 Å². The number of nitrogens with zero attached hydrogens (tertiary/aromatic N) is 2. The average molecular weight is 492 g/mol. The van der Waals surface area contributed by atoms with Gasteiger partial charge in [0.05, 0.1) is 5.56 Å². The number of rotatable bonds is 5. The van der Waals surface area contributed by atoms with Crippen molar-refractivity contribution in [3.05, 3.63) is 93.7 Å². The quantitative estimate of drug-likeness (QED) is 0.265. The Morgan fingerprint density at radius 2 is 1.73 bits per heavy atom. The van der Waals surface area contributed by atoms with Gasteiger partial charge in [-0.3, -0.25) is 9.59 Å². The molecule has 10 heteroatoms. The first kappa shape index (κ1) is 22.8. The van der Waals surface area contributed by atoms with Gasteiger partial charge in [-0.15, -0.1) is 0 Å². The molecule has 2 aromatic carbocycles. The van der Waals surface area contributed by atoms with Crippen molar-refractivity contribution in [3.8, 4) is 0 Å². The number of halogens is 5. The van der Waals surface area contributed by atoms with Gasteiger partial charge in [0.2, 0.25) is 0 Å². The van der Waals surface area contributed by atoms with Crippen molar-refractivity contribution in [1.82, 2.24) is 9.55 Å². The number of benzene rings is 2. The molecule has 4 rings (SSSR count). The van der Waals surface area contributed by atoms with Crippen molar-refractivity contribution in [2.75, 3.05) is 5.32 Å². The lowest BCUT2D eigenvalue weighted by Gasteiger charge is -2.15. The molecule has 0 aliphatic rings. The predicted molar refractivity (Wildman–Crippen MR) is 120 cm³/mol. The molecule has 0 saturated carbocycles. The highest BCUT2D eigenvalue weighted by Gasteiger charge is 2.42. The van der Waals surface area contributed by atoms with Crippen LogP contribution >= 0.6 is 23.2 Å². The van der Waals surface area contributed by atoms with E-state index in [2.05, 4.69) is 10.3 Å². The van der Waals surface area contributed by atoms with E-state index in [1.54, 1.807) is 18.2 Å². The second kappa shape index (κ2) is 8.88. The van der Waals surface area contributed by atoms with Gasteiger partial charge < -0.3 is 9.88 Å². The largest absolute Gasteiger partial charge is 0.432 e. The van der Waals surface area contributed by atoms with Crippen LogP contribution in [0.15, 0.2) is 66.9 Å². The van der Waals surface area contributed by atoms with Crippen LogP contribution in [0.25, 0.3) is 10.9 Å². The van der Waals surface area contributed by atoms with Crippen LogP contribution in [0.3, 0.4) is 0 Å². The number of pyridine rings is 1. The van der Waals surface area contributed by atoms with Gasteiger partial charge in [-0.25, -0.2) is 4.98 Å². The van der Waals surface area contributed by atoms with Crippen LogP contribution in [-0.4, -0.2) is 21.2 Å². The predicted octanol–water partition coefficient (Wildman–Crippen LogP) is 6.23. The third-order valence-corrected chi connectivity index (χ3v) is 5.51. The molecule has 0 bridgehead atoms. The van der Waals surface area contributed by atoms with Crippen LogP contribution in [0, 0.1) is 0 Å². The summed E-state index contributed by atoms with van der Waals surface area (Å²) < 4.78 is 43.8. The van der Waals surface area contributed by atoms with Crippen LogP contribution in [0.1, 0.15) is 21.6 Å². The third kappa shape index (κ3) is 4.58. The Labute approximate surface area is 195 Å². The van der Waals surface area contributed by atoms with E-state index in [0.717, 1.165) is 4.57 Å². The lowest BCUT2D eigenvalue weighted by Crippen LogP contribution is -2.26. The maximum absolute atomic E-state index is 14.3. The van der Waals surface area contributed by atoms with Gasteiger partial charge in [0.15, 0.2) is 0 Å². The lowest BCUT2D eigenvalue weighted by molar-refractivity contribution is -0.143. The van der Waals surface area contributed by atoms with E-state index in [4.69, 9.17) is 23.2 Å². The molecule has 0 spiro atoms. The zero-order chi connectivity index (χ0) is 23.8. The minimum atomic E-state index is -4.94. The first-order chi connectivity index (χ1) is 15.7. The molecule has 0 radical (unpaired) electrons. The summed E-state index contributed by atoms with van der Waals surface area (Å²) in [4.78, 5) is 29.5. The normalized spacial score (nSPS) is 11.5. The van der Waals surface area contributed by atoms with Gasteiger partial charge in [0.25, 0.3) is 11.7 Å². The Bertz CT molecular complexity index is 1370. The molecule has 1 amide bonds. The molecule has 2 aromatic heterocycles. The Kier molecular flexibility index (Phi) is 6.14. The molecule has 5 nitrogen and oxygen atoms in total. The second-order valence-corrected chi connectivity index (χ2v) is 7.90. The molecule has 0 fully saturated rings. The average Bonchev–Trinajstić information content (AvgIpc) is 3.10. The first-order valence-electron chi connectivity index (χ1n) is 9.56. The molecule has 4 aromatic rings. The number of carbonyl (C=O) groups excluding carboxylic acids is 2. The zero-order valence-corrected chi connectivity index (χ0v) is 18.2. The van der Waals surface area contributed by atoms with Gasteiger partial charge in [-0.1, -0.05) is 53.5 Å². The van der Waals surface area contributed by atoms with Gasteiger partial charge >= 0.3 is 6.18 Å². The number of para-hydroxylation sites is 1. The number of nitrogens with one attached hydrogen (secondary N) is 1. The van der Waals surface area contributed by atoms with E-state index >= 15 is 0 Å². The molecule has 0 aliphatic carbocycles. The topological polar surface area (TPSA) is 64.0 Å². The Morgan fingerprint density at radius 3 is 2.39 bits per heavy atom. The molecule has 0 unspecified atom stereocenters. The summed E-state index contributed by atoms with van der Waals surface area (Å²) in [6, 6.07) is 14.9. The monoisotopic (exact) mass is 491 g/mol. The van der Waals surface area contributed by atoms with Gasteiger partial charge in [-0.05, 0) is 35.9 Å². The maximum atomic E-state index is 14.3. The minimum Gasteiger partial charge on any atom is -0.332 e. The van der Waals surface area contributed by atoms with Crippen molar-refractivity contribution < 1.29 is 22.8 Å². The summed E-state index contributed by atoms with van der Waals surface area (Å²) in [5, 5.41) is 2.75. The molecular formula is C23H14Cl2F3N3O2. The molecule has 168 valence electrons. The van der Waals surface area contributed by atoms with Crippen LogP contribution in [-0.2, 0) is 17.5 Å². The van der Waals surface area contributed by atoms with E-state index in [9.17, 15) is 22.8 Å². The highest BCUT2D eigenvalue weighted by atomic mass is 35.5. The molecule has 1 N–H and O–H groups in total. The summed E-state index contributed by atoms with van der Waals surface area (Å²) >= 11 is 12.1. The fourth-order valence-corrected chi connectivity index (χ4v) is 4.00. The number of amides is 1. The molecule has 0 atom stereocenters. The zero-order valence-electron chi connectivity index (χ0n) is 16.7. The lowest BCUT2D eigenvalue weighted by atomic mass is 10.1. The van der Waals surface area contributed by atoms with E-state index in [0.29, 0.717) is 10.6 Å². The fraction of sp³-hybridized carbons (Fsp3) is 0.0870. The van der Waals surface area contributed by atoms with E-state index in [-0.39, 0.29) is 28.3 Å². The van der Waals surface area contributed by atoms with E-state index in [1.807, 2.05) is 0 Å². The Hall–Kier alpha value is -3.36. The summed E-state index contributed by atoms with van der Waals surface area (Å²) in [6.45, 7) is -0.291. The molecule has 0 saturated heterocycles.